The van der Waals surface area contributed by atoms with Crippen molar-refractivity contribution in [1.82, 2.24) is 16.2 Å². The maximum Gasteiger partial charge on any atom is 0.282 e. The van der Waals surface area contributed by atoms with Gasteiger partial charge in [0.15, 0.2) is 5.11 Å². The Morgan fingerprint density at radius 1 is 1.14 bits per heavy atom. The van der Waals surface area contributed by atoms with Crippen LogP contribution in [0.25, 0.3) is 6.08 Å². The van der Waals surface area contributed by atoms with Crippen LogP contribution in [0.3, 0.4) is 0 Å². The average molecular weight is 414 g/mol. The van der Waals surface area contributed by atoms with Gasteiger partial charge in [-0.3, -0.25) is 35.9 Å². The lowest BCUT2D eigenvalue weighted by molar-refractivity contribution is -0.385. The van der Waals surface area contributed by atoms with Gasteiger partial charge in [0.05, 0.1) is 11.5 Å². The van der Waals surface area contributed by atoms with E-state index in [9.17, 15) is 19.7 Å². The lowest BCUT2D eigenvalue weighted by Crippen LogP contribution is -2.48. The van der Waals surface area contributed by atoms with Crippen LogP contribution in [0.15, 0.2) is 54.6 Å². The Hall–Kier alpha value is -3.79. The molecule has 0 saturated heterocycles. The fourth-order valence-electron chi connectivity index (χ4n) is 2.20. The Kier molecular flexibility index (Phi) is 7.80. The zero-order valence-electron chi connectivity index (χ0n) is 15.4. The Labute approximate surface area is 171 Å². The second-order valence-corrected chi connectivity index (χ2v) is 5.92. The first-order valence-corrected chi connectivity index (χ1v) is 8.87. The number of carbonyl (C=O) groups excluding carboxylic acids is 2. The van der Waals surface area contributed by atoms with Gasteiger partial charge in [-0.05, 0) is 49.0 Å². The molecule has 0 saturated carbocycles. The number of hydrazine groups is 1. The van der Waals surface area contributed by atoms with Crippen molar-refractivity contribution in [2.24, 2.45) is 0 Å². The van der Waals surface area contributed by atoms with Crippen molar-refractivity contribution in [1.29, 1.82) is 0 Å². The van der Waals surface area contributed by atoms with Gasteiger partial charge in [-0.15, -0.1) is 0 Å². The number of hydrogen-bond acceptors (Lipinski definition) is 6. The van der Waals surface area contributed by atoms with Crippen molar-refractivity contribution < 1.29 is 19.2 Å². The Morgan fingerprint density at radius 2 is 1.83 bits per heavy atom. The lowest BCUT2D eigenvalue weighted by Gasteiger charge is -2.09. The molecule has 0 spiro atoms. The third-order valence-electron chi connectivity index (χ3n) is 3.49. The molecule has 0 bridgehead atoms. The van der Waals surface area contributed by atoms with Gasteiger partial charge in [0.2, 0.25) is 5.91 Å². The van der Waals surface area contributed by atoms with Crippen LogP contribution in [0.2, 0.25) is 0 Å². The van der Waals surface area contributed by atoms with Gasteiger partial charge < -0.3 is 4.74 Å². The molecule has 0 fully saturated rings. The fraction of sp³-hybridized carbons (Fsp3) is 0.105. The molecule has 0 aromatic heterocycles. The monoisotopic (exact) mass is 414 g/mol. The Bertz CT molecular complexity index is 944. The zero-order chi connectivity index (χ0) is 21.2. The molecule has 9 nitrogen and oxygen atoms in total. The highest BCUT2D eigenvalue weighted by Gasteiger charge is 2.19. The molecule has 0 aliphatic heterocycles. The van der Waals surface area contributed by atoms with Crippen molar-refractivity contribution in [3.05, 3.63) is 75.8 Å². The van der Waals surface area contributed by atoms with Crippen molar-refractivity contribution in [3.63, 3.8) is 0 Å². The maximum absolute atomic E-state index is 12.1. The second-order valence-electron chi connectivity index (χ2n) is 5.51. The first-order chi connectivity index (χ1) is 13.9. The van der Waals surface area contributed by atoms with Gasteiger partial charge in [0.1, 0.15) is 11.3 Å². The van der Waals surface area contributed by atoms with E-state index in [0.29, 0.717) is 6.61 Å². The van der Waals surface area contributed by atoms with Gasteiger partial charge in [-0.1, -0.05) is 24.3 Å². The average Bonchev–Trinajstić information content (AvgIpc) is 2.71. The van der Waals surface area contributed by atoms with E-state index >= 15 is 0 Å². The first-order valence-electron chi connectivity index (χ1n) is 8.46. The quantitative estimate of drug-likeness (QED) is 0.287. The van der Waals surface area contributed by atoms with Crippen LogP contribution in [0.1, 0.15) is 22.8 Å². The summed E-state index contributed by atoms with van der Waals surface area (Å²) in [6.45, 7) is 2.45. The van der Waals surface area contributed by atoms with Gasteiger partial charge in [0, 0.05) is 12.1 Å². The molecule has 0 unspecified atom stereocenters. The van der Waals surface area contributed by atoms with Gasteiger partial charge in [0.25, 0.3) is 11.6 Å². The van der Waals surface area contributed by atoms with Crippen LogP contribution >= 0.6 is 12.2 Å². The number of para-hydroxylation sites is 1. The number of benzene rings is 2. The second kappa shape index (κ2) is 10.5. The minimum Gasteiger partial charge on any atom is -0.494 e. The molecule has 150 valence electrons. The number of amides is 2. The highest BCUT2D eigenvalue weighted by Crippen LogP contribution is 2.17. The highest BCUT2D eigenvalue weighted by molar-refractivity contribution is 7.80. The van der Waals surface area contributed by atoms with Gasteiger partial charge >= 0.3 is 0 Å². The van der Waals surface area contributed by atoms with E-state index in [4.69, 9.17) is 17.0 Å². The van der Waals surface area contributed by atoms with E-state index in [1.54, 1.807) is 30.3 Å². The van der Waals surface area contributed by atoms with Crippen molar-refractivity contribution >= 4 is 40.9 Å². The topological polar surface area (TPSA) is 123 Å². The number of thiocarbonyl (C=S) groups is 1. The summed E-state index contributed by atoms with van der Waals surface area (Å²) < 4.78 is 5.34. The molecule has 2 aromatic carbocycles. The molecular formula is C19H18N4O5S. The molecule has 3 N–H and O–H groups in total. The number of nitrogens with one attached hydrogen (secondary N) is 3. The number of hydrogen-bond donors (Lipinski definition) is 3. The van der Waals surface area contributed by atoms with Crippen LogP contribution < -0.4 is 20.9 Å². The minimum absolute atomic E-state index is 0.144. The number of nitro groups is 1. The molecule has 0 radical (unpaired) electrons. The largest absolute Gasteiger partial charge is 0.494 e. The molecule has 0 heterocycles. The fourth-order valence-corrected chi connectivity index (χ4v) is 2.36. The minimum atomic E-state index is -0.765. The van der Waals surface area contributed by atoms with Crippen LogP contribution in [-0.2, 0) is 4.79 Å². The predicted molar refractivity (Wildman–Crippen MR) is 111 cm³/mol. The maximum atomic E-state index is 12.1. The summed E-state index contributed by atoms with van der Waals surface area (Å²) in [6, 6.07) is 12.6. The number of ether oxygens (including phenoxy) is 1. The van der Waals surface area contributed by atoms with Crippen molar-refractivity contribution in [3.8, 4) is 5.75 Å². The van der Waals surface area contributed by atoms with E-state index in [2.05, 4.69) is 16.2 Å². The van der Waals surface area contributed by atoms with Gasteiger partial charge in [-0.2, -0.15) is 0 Å². The lowest BCUT2D eigenvalue weighted by atomic mass is 10.2. The van der Waals surface area contributed by atoms with Crippen LogP contribution in [0.4, 0.5) is 5.69 Å². The number of carbonyl (C=O) groups is 2. The molecular weight excluding hydrogens is 396 g/mol. The van der Waals surface area contributed by atoms with E-state index in [-0.39, 0.29) is 16.4 Å². The van der Waals surface area contributed by atoms with Gasteiger partial charge in [-0.25, -0.2) is 0 Å². The Morgan fingerprint density at radius 3 is 2.48 bits per heavy atom. The normalized spacial score (nSPS) is 10.2. The van der Waals surface area contributed by atoms with Crippen molar-refractivity contribution in [2.75, 3.05) is 6.61 Å². The van der Waals surface area contributed by atoms with E-state index in [0.717, 1.165) is 11.3 Å². The SMILES string of the molecule is CCOc1ccc(/C=C/C(=O)NC(=S)NNC(=O)c2ccccc2[N+](=O)[O-])cc1. The summed E-state index contributed by atoms with van der Waals surface area (Å²) in [6.07, 6.45) is 2.85. The molecule has 0 aliphatic carbocycles. The summed E-state index contributed by atoms with van der Waals surface area (Å²) in [4.78, 5) is 34.3. The molecule has 0 atom stereocenters. The summed E-state index contributed by atoms with van der Waals surface area (Å²) in [5.41, 5.74) is 4.82. The number of nitrogens with zero attached hydrogens (tertiary/aromatic N) is 1. The van der Waals surface area contributed by atoms with E-state index < -0.39 is 16.7 Å². The molecule has 2 aromatic rings. The number of nitro benzene ring substituents is 1. The highest BCUT2D eigenvalue weighted by atomic mass is 32.1. The van der Waals surface area contributed by atoms with Crippen LogP contribution in [0, 0.1) is 10.1 Å². The van der Waals surface area contributed by atoms with E-state index in [1.165, 1.54) is 30.3 Å². The Balaban J connectivity index is 1.85. The standard InChI is InChI=1S/C19H18N4O5S/c1-2-28-14-10-7-13(8-11-14)9-12-17(24)20-19(29)22-21-18(25)15-5-3-4-6-16(15)23(26)27/h3-12H,2H2,1H3,(H,21,25)(H2,20,22,24,29)/b12-9+. The molecule has 29 heavy (non-hydrogen) atoms. The first kappa shape index (κ1) is 21.5. The van der Waals surface area contributed by atoms with Crippen molar-refractivity contribution in [2.45, 2.75) is 6.92 Å². The predicted octanol–water partition coefficient (Wildman–Crippen LogP) is 2.34. The smallest absolute Gasteiger partial charge is 0.282 e. The summed E-state index contributed by atoms with van der Waals surface area (Å²) >= 11 is 4.92. The van der Waals surface area contributed by atoms with Crippen LogP contribution in [-0.4, -0.2) is 28.5 Å². The third-order valence-corrected chi connectivity index (χ3v) is 3.69. The third kappa shape index (κ3) is 6.70. The molecule has 2 rings (SSSR count). The summed E-state index contributed by atoms with van der Waals surface area (Å²) in [7, 11) is 0. The molecule has 10 heteroatoms. The summed E-state index contributed by atoms with van der Waals surface area (Å²) in [5.74, 6) is -0.552. The number of rotatable bonds is 6. The summed E-state index contributed by atoms with van der Waals surface area (Å²) in [5, 5.41) is 13.1. The van der Waals surface area contributed by atoms with E-state index in [1.807, 2.05) is 6.92 Å². The molecule has 0 aliphatic rings. The molecule has 2 amide bonds. The van der Waals surface area contributed by atoms with Crippen LogP contribution in [0.5, 0.6) is 5.75 Å². The zero-order valence-corrected chi connectivity index (χ0v) is 16.2.